The Hall–Kier alpha value is -2.19. The maximum atomic E-state index is 12.4. The van der Waals surface area contributed by atoms with Crippen molar-refractivity contribution in [1.82, 2.24) is 0 Å². The molecule has 9 heteroatoms. The Balaban J connectivity index is 1.75. The normalized spacial score (nSPS) is 12.5. The summed E-state index contributed by atoms with van der Waals surface area (Å²) in [4.78, 5) is 12.9. The van der Waals surface area contributed by atoms with Crippen LogP contribution in [0.5, 0.6) is 5.75 Å². The molecule has 3 aromatic carbocycles. The van der Waals surface area contributed by atoms with Crippen molar-refractivity contribution in [3.8, 4) is 5.75 Å². The zero-order valence-electron chi connectivity index (χ0n) is 15.1. The Morgan fingerprint density at radius 3 is 1.93 bits per heavy atom. The number of esters is 1. The minimum Gasteiger partial charge on any atom is -0.423 e. The largest absolute Gasteiger partial charge is 0.423 e. The lowest BCUT2D eigenvalue weighted by Crippen LogP contribution is -2.08. The van der Waals surface area contributed by atoms with Gasteiger partial charge in [0.1, 0.15) is 5.75 Å². The van der Waals surface area contributed by atoms with E-state index in [1.165, 1.54) is 24.3 Å². The molecule has 0 amide bonds. The SMILES string of the molecule is C[S@](=NS(=O)(=O)c1ccc(Cl)cc1)c1ccc(OC(=O)c2ccc(Cl)cc2)cc1. The standard InChI is InChI=1S/C20H15Cl2NO4S2/c1-28(23-29(25,26)19-12-6-16(22)7-13-19)18-10-8-17(9-11-18)27-20(24)14-2-4-15(21)5-3-14/h2-13H,1H3/t28-/m0/s1. The summed E-state index contributed by atoms with van der Waals surface area (Å²) in [5.74, 6) is -0.175. The van der Waals surface area contributed by atoms with Crippen LogP contribution in [0.25, 0.3) is 0 Å². The summed E-state index contributed by atoms with van der Waals surface area (Å²) in [5.41, 5.74) is 0.373. The fraction of sp³-hybridized carbons (Fsp3) is 0.0500. The highest BCUT2D eigenvalue weighted by Crippen LogP contribution is 2.21. The molecule has 29 heavy (non-hydrogen) atoms. The van der Waals surface area contributed by atoms with E-state index in [1.807, 2.05) is 0 Å². The van der Waals surface area contributed by atoms with Crippen LogP contribution in [-0.2, 0) is 20.7 Å². The number of carbonyl (C=O) groups excluding carboxylic acids is 1. The van der Waals surface area contributed by atoms with Gasteiger partial charge in [-0.3, -0.25) is 0 Å². The number of halogens is 2. The molecule has 0 aliphatic rings. The van der Waals surface area contributed by atoms with E-state index in [1.54, 1.807) is 54.8 Å². The molecule has 150 valence electrons. The lowest BCUT2D eigenvalue weighted by atomic mass is 10.2. The van der Waals surface area contributed by atoms with Gasteiger partial charge in [0.15, 0.2) is 0 Å². The van der Waals surface area contributed by atoms with Crippen LogP contribution in [0.1, 0.15) is 10.4 Å². The minimum atomic E-state index is -3.81. The van der Waals surface area contributed by atoms with Crippen molar-refractivity contribution in [2.45, 2.75) is 9.79 Å². The second-order valence-corrected chi connectivity index (χ2v) is 10.2. The minimum absolute atomic E-state index is 0.0785. The predicted molar refractivity (Wildman–Crippen MR) is 115 cm³/mol. The summed E-state index contributed by atoms with van der Waals surface area (Å²) < 4.78 is 34.2. The van der Waals surface area contributed by atoms with E-state index in [0.717, 1.165) is 0 Å². The number of nitrogens with zero attached hydrogens (tertiary/aromatic N) is 1. The first-order valence-corrected chi connectivity index (χ1v) is 12.0. The molecule has 0 fully saturated rings. The molecular weight excluding hydrogens is 453 g/mol. The summed E-state index contributed by atoms with van der Waals surface area (Å²) in [6.07, 6.45) is 1.70. The van der Waals surface area contributed by atoms with Gasteiger partial charge in [0.2, 0.25) is 0 Å². The fourth-order valence-corrected chi connectivity index (χ4v) is 5.42. The first kappa shape index (κ1) is 21.5. The third kappa shape index (κ3) is 5.67. The van der Waals surface area contributed by atoms with Crippen LogP contribution < -0.4 is 4.74 Å². The number of carbonyl (C=O) groups is 1. The molecule has 0 radical (unpaired) electrons. The van der Waals surface area contributed by atoms with Crippen molar-refractivity contribution in [3.05, 3.63) is 88.4 Å². The van der Waals surface area contributed by atoms with Crippen molar-refractivity contribution in [1.29, 1.82) is 0 Å². The van der Waals surface area contributed by atoms with Crippen molar-refractivity contribution in [2.75, 3.05) is 6.26 Å². The predicted octanol–water partition coefficient (Wildman–Crippen LogP) is 5.39. The Bertz CT molecular complexity index is 1160. The Morgan fingerprint density at radius 1 is 0.862 bits per heavy atom. The van der Waals surface area contributed by atoms with Crippen molar-refractivity contribution in [2.24, 2.45) is 3.77 Å². The third-order valence-corrected chi connectivity index (χ3v) is 7.78. The van der Waals surface area contributed by atoms with E-state index in [9.17, 15) is 13.2 Å². The maximum Gasteiger partial charge on any atom is 0.343 e. The number of sulfonamides is 1. The van der Waals surface area contributed by atoms with Gasteiger partial charge in [0, 0.05) is 14.9 Å². The van der Waals surface area contributed by atoms with Crippen LogP contribution in [0.3, 0.4) is 0 Å². The highest BCUT2D eigenvalue weighted by atomic mass is 35.5. The van der Waals surface area contributed by atoms with Crippen molar-refractivity contribution >= 4 is 49.9 Å². The quantitative estimate of drug-likeness (QED) is 0.372. The van der Waals surface area contributed by atoms with Gasteiger partial charge < -0.3 is 4.74 Å². The number of rotatable bonds is 5. The van der Waals surface area contributed by atoms with Crippen LogP contribution in [-0.4, -0.2) is 20.6 Å². The summed E-state index contributed by atoms with van der Waals surface area (Å²) >= 11 is 11.6. The van der Waals surface area contributed by atoms with Gasteiger partial charge in [-0.2, -0.15) is 8.42 Å². The van der Waals surface area contributed by atoms with E-state index in [-0.39, 0.29) is 4.90 Å². The fourth-order valence-electron chi connectivity index (χ4n) is 2.30. The van der Waals surface area contributed by atoms with Crippen LogP contribution in [0.15, 0.2) is 86.4 Å². The Kier molecular flexibility index (Phi) is 6.74. The van der Waals surface area contributed by atoms with Crippen LogP contribution >= 0.6 is 23.2 Å². The molecule has 3 aromatic rings. The van der Waals surface area contributed by atoms with Gasteiger partial charge in [0.05, 0.1) is 10.5 Å². The third-order valence-electron chi connectivity index (χ3n) is 3.78. The van der Waals surface area contributed by atoms with E-state index >= 15 is 0 Å². The van der Waals surface area contributed by atoms with E-state index in [4.69, 9.17) is 27.9 Å². The molecular formula is C20H15Cl2NO4S2. The summed E-state index contributed by atoms with van der Waals surface area (Å²) in [6.45, 7) is 0. The topological polar surface area (TPSA) is 72.8 Å². The number of ether oxygens (including phenoxy) is 1. The molecule has 0 bridgehead atoms. The van der Waals surface area contributed by atoms with Crippen LogP contribution in [0, 0.1) is 0 Å². The molecule has 0 aromatic heterocycles. The van der Waals surface area contributed by atoms with Crippen LogP contribution in [0.4, 0.5) is 0 Å². The molecule has 5 nitrogen and oxygen atoms in total. The molecule has 1 atom stereocenters. The molecule has 0 N–H and O–H groups in total. The highest BCUT2D eigenvalue weighted by molar-refractivity contribution is 7.99. The van der Waals surface area contributed by atoms with E-state index < -0.39 is 26.7 Å². The van der Waals surface area contributed by atoms with Crippen molar-refractivity contribution < 1.29 is 17.9 Å². The van der Waals surface area contributed by atoms with Crippen molar-refractivity contribution in [3.63, 3.8) is 0 Å². The lowest BCUT2D eigenvalue weighted by Gasteiger charge is -2.07. The van der Waals surface area contributed by atoms with Gasteiger partial charge in [-0.1, -0.05) is 33.9 Å². The molecule has 3 rings (SSSR count). The molecule has 0 saturated heterocycles. The van der Waals surface area contributed by atoms with E-state index in [0.29, 0.717) is 26.3 Å². The number of hydrogen-bond donors (Lipinski definition) is 0. The van der Waals surface area contributed by atoms with Crippen LogP contribution in [0.2, 0.25) is 10.0 Å². The highest BCUT2D eigenvalue weighted by Gasteiger charge is 2.14. The van der Waals surface area contributed by atoms with Gasteiger partial charge in [0.25, 0.3) is 10.0 Å². The Labute approximate surface area is 181 Å². The monoisotopic (exact) mass is 467 g/mol. The first-order valence-electron chi connectivity index (χ1n) is 8.22. The first-order chi connectivity index (χ1) is 13.7. The van der Waals surface area contributed by atoms with Gasteiger partial charge in [-0.15, -0.1) is 3.77 Å². The second-order valence-electron chi connectivity index (χ2n) is 5.85. The Morgan fingerprint density at radius 2 is 1.38 bits per heavy atom. The molecule has 0 unspecified atom stereocenters. The number of hydrogen-bond acceptors (Lipinski definition) is 4. The number of benzene rings is 3. The molecule has 0 spiro atoms. The maximum absolute atomic E-state index is 12.4. The van der Waals surface area contributed by atoms with Gasteiger partial charge in [-0.05, 0) is 79.1 Å². The smallest absolute Gasteiger partial charge is 0.343 e. The average molecular weight is 468 g/mol. The summed E-state index contributed by atoms with van der Waals surface area (Å²) in [6, 6.07) is 18.7. The average Bonchev–Trinajstić information content (AvgIpc) is 2.69. The summed E-state index contributed by atoms with van der Waals surface area (Å²) in [7, 11) is -4.73. The molecule has 0 aliphatic heterocycles. The lowest BCUT2D eigenvalue weighted by molar-refractivity contribution is 0.0734. The molecule has 0 aliphatic carbocycles. The van der Waals surface area contributed by atoms with E-state index in [2.05, 4.69) is 3.77 Å². The molecule has 0 saturated carbocycles. The zero-order valence-corrected chi connectivity index (χ0v) is 18.2. The molecule has 0 heterocycles. The zero-order chi connectivity index (χ0) is 21.0. The second kappa shape index (κ2) is 9.09. The van der Waals surface area contributed by atoms with Gasteiger partial charge >= 0.3 is 5.97 Å². The summed E-state index contributed by atoms with van der Waals surface area (Å²) in [5, 5.41) is 0.973. The van der Waals surface area contributed by atoms with Gasteiger partial charge in [-0.25, -0.2) is 4.79 Å².